The van der Waals surface area contributed by atoms with Gasteiger partial charge >= 0.3 is 0 Å². The summed E-state index contributed by atoms with van der Waals surface area (Å²) in [5, 5.41) is 7.17. The molecule has 1 aromatic rings. The van der Waals surface area contributed by atoms with Crippen molar-refractivity contribution in [3.8, 4) is 0 Å². The second-order valence-electron chi connectivity index (χ2n) is 6.49. The summed E-state index contributed by atoms with van der Waals surface area (Å²) >= 11 is 1.81. The minimum Gasteiger partial charge on any atom is -0.311 e. The number of hydrogen-bond acceptors (Lipinski definition) is 4. The van der Waals surface area contributed by atoms with E-state index >= 15 is 0 Å². The summed E-state index contributed by atoms with van der Waals surface area (Å²) in [6.45, 7) is 12.3. The van der Waals surface area contributed by atoms with Crippen LogP contribution in [0.25, 0.3) is 0 Å². The Morgan fingerprint density at radius 3 is 2.90 bits per heavy atom. The van der Waals surface area contributed by atoms with Gasteiger partial charge in [-0.2, -0.15) is 0 Å². The zero-order valence-corrected chi connectivity index (χ0v) is 14.2. The first-order valence-electron chi connectivity index (χ1n) is 7.97. The zero-order chi connectivity index (χ0) is 14.5. The third-order valence-corrected chi connectivity index (χ3v) is 4.95. The monoisotopic (exact) mass is 295 g/mol. The van der Waals surface area contributed by atoms with Crippen LogP contribution in [0.2, 0.25) is 0 Å². The van der Waals surface area contributed by atoms with Crippen LogP contribution in [0.5, 0.6) is 0 Å². The first-order chi connectivity index (χ1) is 9.58. The van der Waals surface area contributed by atoms with Crippen LogP contribution in [-0.2, 0) is 6.54 Å². The predicted molar refractivity (Wildman–Crippen MR) is 87.2 cm³/mol. The normalized spacial score (nSPS) is 24.4. The molecule has 2 atom stereocenters. The molecule has 1 aliphatic heterocycles. The lowest BCUT2D eigenvalue weighted by Gasteiger charge is -2.41. The van der Waals surface area contributed by atoms with Crippen LogP contribution in [0.15, 0.2) is 5.38 Å². The molecule has 1 N–H and O–H groups in total. The van der Waals surface area contributed by atoms with Crippen molar-refractivity contribution >= 4 is 11.3 Å². The summed E-state index contributed by atoms with van der Waals surface area (Å²) in [7, 11) is 0. The Morgan fingerprint density at radius 2 is 2.30 bits per heavy atom. The molecule has 114 valence electrons. The van der Waals surface area contributed by atoms with E-state index in [1.165, 1.54) is 30.8 Å². The standard InChI is InChI=1S/C16H29N3S/c1-5-6-14-9-19(10-16-18-13(4)11-20-16)15(8-17-14)7-12(2)3/h11-12,14-15,17H,5-10H2,1-4H3. The lowest BCUT2D eigenvalue weighted by atomic mass is 9.98. The van der Waals surface area contributed by atoms with E-state index in [1.54, 1.807) is 11.3 Å². The highest BCUT2D eigenvalue weighted by atomic mass is 32.1. The molecule has 3 nitrogen and oxygen atoms in total. The number of nitrogens with zero attached hydrogens (tertiary/aromatic N) is 2. The number of hydrogen-bond donors (Lipinski definition) is 1. The van der Waals surface area contributed by atoms with Crippen LogP contribution in [-0.4, -0.2) is 35.1 Å². The summed E-state index contributed by atoms with van der Waals surface area (Å²) in [5.74, 6) is 0.755. The van der Waals surface area contributed by atoms with Gasteiger partial charge in [-0.25, -0.2) is 4.98 Å². The molecule has 1 saturated heterocycles. The van der Waals surface area contributed by atoms with Crippen molar-refractivity contribution in [2.45, 2.75) is 65.6 Å². The van der Waals surface area contributed by atoms with Gasteiger partial charge in [0.1, 0.15) is 5.01 Å². The second kappa shape index (κ2) is 7.53. The molecule has 0 spiro atoms. The largest absolute Gasteiger partial charge is 0.311 e. The lowest BCUT2D eigenvalue weighted by Crippen LogP contribution is -2.56. The number of rotatable bonds is 6. The van der Waals surface area contributed by atoms with Gasteiger partial charge in [-0.3, -0.25) is 4.90 Å². The van der Waals surface area contributed by atoms with Gasteiger partial charge in [0.15, 0.2) is 0 Å². The molecule has 2 unspecified atom stereocenters. The minimum atomic E-state index is 0.657. The third-order valence-electron chi connectivity index (χ3n) is 4.00. The molecule has 0 aliphatic carbocycles. The molecule has 0 amide bonds. The van der Waals surface area contributed by atoms with E-state index < -0.39 is 0 Å². The van der Waals surface area contributed by atoms with E-state index in [9.17, 15) is 0 Å². The molecular formula is C16H29N3S. The first-order valence-corrected chi connectivity index (χ1v) is 8.84. The first kappa shape index (κ1) is 15.9. The van der Waals surface area contributed by atoms with E-state index in [2.05, 4.69) is 48.3 Å². The van der Waals surface area contributed by atoms with E-state index in [-0.39, 0.29) is 0 Å². The van der Waals surface area contributed by atoms with Crippen molar-refractivity contribution in [2.24, 2.45) is 5.92 Å². The molecule has 1 aliphatic rings. The molecule has 20 heavy (non-hydrogen) atoms. The molecule has 0 saturated carbocycles. The smallest absolute Gasteiger partial charge is 0.107 e. The van der Waals surface area contributed by atoms with Crippen LogP contribution in [0.3, 0.4) is 0 Å². The van der Waals surface area contributed by atoms with Crippen LogP contribution in [0, 0.1) is 12.8 Å². The zero-order valence-electron chi connectivity index (χ0n) is 13.4. The highest BCUT2D eigenvalue weighted by Gasteiger charge is 2.28. The Bertz CT molecular complexity index is 402. The molecule has 0 radical (unpaired) electrons. The SMILES string of the molecule is CCCC1CN(Cc2nc(C)cs2)C(CC(C)C)CN1. The number of nitrogens with one attached hydrogen (secondary N) is 1. The quantitative estimate of drug-likeness (QED) is 0.871. The van der Waals surface area contributed by atoms with Gasteiger partial charge in [-0.05, 0) is 25.7 Å². The summed E-state index contributed by atoms with van der Waals surface area (Å²) < 4.78 is 0. The average molecular weight is 295 g/mol. The summed E-state index contributed by atoms with van der Waals surface area (Å²) in [6.07, 6.45) is 3.81. The molecular weight excluding hydrogens is 266 g/mol. The number of aromatic nitrogens is 1. The molecule has 0 bridgehead atoms. The van der Waals surface area contributed by atoms with Gasteiger partial charge in [0.05, 0.1) is 6.54 Å². The predicted octanol–water partition coefficient (Wildman–Crippen LogP) is 3.44. The van der Waals surface area contributed by atoms with Gasteiger partial charge in [0, 0.05) is 36.2 Å². The van der Waals surface area contributed by atoms with Crippen molar-refractivity contribution in [3.63, 3.8) is 0 Å². The van der Waals surface area contributed by atoms with E-state index in [0.717, 1.165) is 24.7 Å². The molecule has 1 fully saturated rings. The Balaban J connectivity index is 2.00. The van der Waals surface area contributed by atoms with Gasteiger partial charge in [-0.1, -0.05) is 27.2 Å². The van der Waals surface area contributed by atoms with Crippen molar-refractivity contribution in [2.75, 3.05) is 13.1 Å². The molecule has 1 aromatic heterocycles. The maximum Gasteiger partial charge on any atom is 0.107 e. The number of thiazole rings is 1. The van der Waals surface area contributed by atoms with Crippen LogP contribution < -0.4 is 5.32 Å². The minimum absolute atomic E-state index is 0.657. The van der Waals surface area contributed by atoms with Gasteiger partial charge < -0.3 is 5.32 Å². The van der Waals surface area contributed by atoms with Crippen molar-refractivity contribution in [1.82, 2.24) is 15.2 Å². The Hall–Kier alpha value is -0.450. The number of piperazine rings is 1. The molecule has 0 aromatic carbocycles. The second-order valence-corrected chi connectivity index (χ2v) is 7.43. The Morgan fingerprint density at radius 1 is 1.50 bits per heavy atom. The van der Waals surface area contributed by atoms with E-state index in [0.29, 0.717) is 12.1 Å². The molecule has 2 rings (SSSR count). The van der Waals surface area contributed by atoms with Crippen LogP contribution in [0.1, 0.15) is 50.7 Å². The van der Waals surface area contributed by atoms with Crippen molar-refractivity contribution in [3.05, 3.63) is 16.1 Å². The third kappa shape index (κ3) is 4.54. The summed E-state index contributed by atoms with van der Waals surface area (Å²) in [4.78, 5) is 7.31. The fourth-order valence-electron chi connectivity index (χ4n) is 3.09. The lowest BCUT2D eigenvalue weighted by molar-refractivity contribution is 0.103. The van der Waals surface area contributed by atoms with Crippen molar-refractivity contribution in [1.29, 1.82) is 0 Å². The van der Waals surface area contributed by atoms with Gasteiger partial charge in [-0.15, -0.1) is 11.3 Å². The van der Waals surface area contributed by atoms with Crippen molar-refractivity contribution < 1.29 is 0 Å². The summed E-state index contributed by atoms with van der Waals surface area (Å²) in [5.41, 5.74) is 1.16. The summed E-state index contributed by atoms with van der Waals surface area (Å²) in [6, 6.07) is 1.32. The average Bonchev–Trinajstić information content (AvgIpc) is 2.78. The maximum absolute atomic E-state index is 4.65. The van der Waals surface area contributed by atoms with Gasteiger partial charge in [0.25, 0.3) is 0 Å². The molecule has 2 heterocycles. The van der Waals surface area contributed by atoms with Gasteiger partial charge in [0.2, 0.25) is 0 Å². The fraction of sp³-hybridized carbons (Fsp3) is 0.812. The maximum atomic E-state index is 4.65. The topological polar surface area (TPSA) is 28.2 Å². The fourth-order valence-corrected chi connectivity index (χ4v) is 3.89. The highest BCUT2D eigenvalue weighted by Crippen LogP contribution is 2.21. The highest BCUT2D eigenvalue weighted by molar-refractivity contribution is 7.09. The van der Waals surface area contributed by atoms with E-state index in [4.69, 9.17) is 0 Å². The van der Waals surface area contributed by atoms with Crippen LogP contribution in [0.4, 0.5) is 0 Å². The number of aryl methyl sites for hydroxylation is 1. The Labute approximate surface area is 127 Å². The van der Waals surface area contributed by atoms with Crippen LogP contribution >= 0.6 is 11.3 Å². The molecule has 4 heteroatoms. The Kier molecular flexibility index (Phi) is 6.00. The van der Waals surface area contributed by atoms with E-state index in [1.807, 2.05) is 0 Å².